The van der Waals surface area contributed by atoms with E-state index in [0.29, 0.717) is 16.5 Å². The van der Waals surface area contributed by atoms with E-state index in [4.69, 9.17) is 21.8 Å². The van der Waals surface area contributed by atoms with Crippen LogP contribution >= 0.6 is 11.6 Å². The topological polar surface area (TPSA) is 140 Å². The van der Waals surface area contributed by atoms with Gasteiger partial charge < -0.3 is 20.2 Å². The van der Waals surface area contributed by atoms with Gasteiger partial charge in [-0.25, -0.2) is 8.42 Å². The number of carbonyl (C=O) groups is 1. The molecular weight excluding hydrogens is 468 g/mol. The fraction of sp³-hybridized carbons (Fsp3) is 0.318. The highest BCUT2D eigenvalue weighted by Gasteiger charge is 2.37. The summed E-state index contributed by atoms with van der Waals surface area (Å²) < 4.78 is 31.7. The van der Waals surface area contributed by atoms with E-state index in [1.807, 2.05) is 20.8 Å². The third-order valence-corrected chi connectivity index (χ3v) is 7.28. The van der Waals surface area contributed by atoms with E-state index in [1.54, 1.807) is 24.3 Å². The van der Waals surface area contributed by atoms with Crippen molar-refractivity contribution in [2.45, 2.75) is 43.7 Å². The van der Waals surface area contributed by atoms with Gasteiger partial charge >= 0.3 is 0 Å². The molecule has 2 aromatic carbocycles. The fourth-order valence-corrected chi connectivity index (χ4v) is 5.18. The number of benzene rings is 2. The summed E-state index contributed by atoms with van der Waals surface area (Å²) in [7, 11) is -3.97. The number of amides is 1. The lowest BCUT2D eigenvalue weighted by molar-refractivity contribution is -0.119. The summed E-state index contributed by atoms with van der Waals surface area (Å²) in [5.41, 5.74) is 6.41. The highest BCUT2D eigenvalue weighted by molar-refractivity contribution is 7.91. The molecule has 2 heterocycles. The number of nitrogens with zero attached hydrogens (tertiary/aromatic N) is 3. The molecule has 1 aliphatic heterocycles. The molecule has 4 rings (SSSR count). The van der Waals surface area contributed by atoms with Crippen LogP contribution in [0.15, 0.2) is 45.7 Å². The number of aromatic nitrogens is 2. The lowest BCUT2D eigenvalue weighted by Gasteiger charge is -2.24. The van der Waals surface area contributed by atoms with Gasteiger partial charge in [-0.2, -0.15) is 0 Å². The quantitative estimate of drug-likeness (QED) is 0.570. The number of carbonyl (C=O) groups excluding carboxylic acids is 1. The number of hydrogen-bond donors (Lipinski definition) is 2. The Balaban J connectivity index is 1.89. The number of anilines is 1. The highest BCUT2D eigenvalue weighted by Crippen LogP contribution is 2.40. The van der Waals surface area contributed by atoms with Crippen LogP contribution in [0, 0.1) is 0 Å². The molecule has 0 bridgehead atoms. The Bertz CT molecular complexity index is 1330. The Morgan fingerprint density at radius 3 is 2.48 bits per heavy atom. The van der Waals surface area contributed by atoms with E-state index >= 15 is 0 Å². The number of fused-ring (bicyclic) bond motifs is 1. The standard InChI is InChI=1S/C22H23ClN4O5S/c1-22(2,3)21-26-25-19(32-21)14-8-16-18(9-17(14)28)33(30,31)11-15(24)20(29)27(16)10-12-4-6-13(23)7-5-12/h4-9,15,28H,10-11,24H2,1-3H3/t15-/m0/s1. The van der Waals surface area contributed by atoms with Crippen molar-refractivity contribution in [1.29, 1.82) is 0 Å². The number of sulfone groups is 1. The minimum atomic E-state index is -3.97. The van der Waals surface area contributed by atoms with E-state index in [2.05, 4.69) is 10.2 Å². The van der Waals surface area contributed by atoms with Crippen molar-refractivity contribution >= 4 is 33.0 Å². The number of nitrogens with two attached hydrogens (primary N) is 1. The minimum absolute atomic E-state index is 0.00469. The summed E-state index contributed by atoms with van der Waals surface area (Å²) in [4.78, 5) is 14.2. The molecule has 3 aromatic rings. The molecular formula is C22H23ClN4O5S. The van der Waals surface area contributed by atoms with Gasteiger partial charge in [0.05, 0.1) is 34.5 Å². The number of phenolic OH excluding ortho intramolecular Hbond substituents is 1. The van der Waals surface area contributed by atoms with Gasteiger partial charge in [-0.3, -0.25) is 4.79 Å². The van der Waals surface area contributed by atoms with Crippen molar-refractivity contribution in [2.24, 2.45) is 5.73 Å². The van der Waals surface area contributed by atoms with Crippen LogP contribution < -0.4 is 10.6 Å². The first kappa shape index (κ1) is 23.2. The lowest BCUT2D eigenvalue weighted by atomic mass is 9.97. The molecule has 0 saturated heterocycles. The maximum absolute atomic E-state index is 13.1. The predicted molar refractivity (Wildman–Crippen MR) is 123 cm³/mol. The summed E-state index contributed by atoms with van der Waals surface area (Å²) in [6.07, 6.45) is 0. The Morgan fingerprint density at radius 2 is 1.88 bits per heavy atom. The van der Waals surface area contributed by atoms with Crippen LogP contribution in [-0.2, 0) is 26.6 Å². The number of rotatable bonds is 3. The molecule has 1 amide bonds. The monoisotopic (exact) mass is 490 g/mol. The van der Waals surface area contributed by atoms with Crippen LogP contribution in [0.25, 0.3) is 11.5 Å². The molecule has 11 heteroatoms. The van der Waals surface area contributed by atoms with Gasteiger partial charge in [0.2, 0.25) is 11.8 Å². The van der Waals surface area contributed by atoms with E-state index in [1.165, 1.54) is 11.0 Å². The molecule has 33 heavy (non-hydrogen) atoms. The zero-order valence-corrected chi connectivity index (χ0v) is 19.8. The van der Waals surface area contributed by atoms with Crippen molar-refractivity contribution < 1.29 is 22.7 Å². The molecule has 174 valence electrons. The largest absolute Gasteiger partial charge is 0.507 e. The molecule has 0 unspecified atom stereocenters. The Morgan fingerprint density at radius 1 is 1.21 bits per heavy atom. The van der Waals surface area contributed by atoms with Crippen LogP contribution in [0.3, 0.4) is 0 Å². The summed E-state index contributed by atoms with van der Waals surface area (Å²) in [6.45, 7) is 5.72. The molecule has 3 N–H and O–H groups in total. The van der Waals surface area contributed by atoms with Gasteiger partial charge in [0, 0.05) is 16.5 Å². The first-order valence-electron chi connectivity index (χ1n) is 10.1. The van der Waals surface area contributed by atoms with E-state index in [0.717, 1.165) is 6.07 Å². The van der Waals surface area contributed by atoms with Crippen LogP contribution in [-0.4, -0.2) is 41.4 Å². The molecule has 1 atom stereocenters. The van der Waals surface area contributed by atoms with Gasteiger partial charge in [0.15, 0.2) is 9.84 Å². The summed E-state index contributed by atoms with van der Waals surface area (Å²) in [6, 6.07) is 8.01. The van der Waals surface area contributed by atoms with E-state index in [9.17, 15) is 18.3 Å². The lowest BCUT2D eigenvalue weighted by Crippen LogP contribution is -2.45. The maximum Gasteiger partial charge on any atom is 0.251 e. The first-order valence-corrected chi connectivity index (χ1v) is 12.2. The van der Waals surface area contributed by atoms with Crippen LogP contribution in [0.2, 0.25) is 5.02 Å². The van der Waals surface area contributed by atoms with Gasteiger partial charge in [-0.05, 0) is 23.8 Å². The zero-order chi connectivity index (χ0) is 24.1. The second-order valence-electron chi connectivity index (χ2n) is 8.94. The summed E-state index contributed by atoms with van der Waals surface area (Å²) >= 11 is 5.96. The van der Waals surface area contributed by atoms with E-state index in [-0.39, 0.29) is 34.3 Å². The van der Waals surface area contributed by atoms with Gasteiger partial charge in [-0.1, -0.05) is 44.5 Å². The summed E-state index contributed by atoms with van der Waals surface area (Å²) in [5.74, 6) is -1.16. The van der Waals surface area contributed by atoms with Crippen molar-refractivity contribution in [2.75, 3.05) is 10.7 Å². The fourth-order valence-electron chi connectivity index (χ4n) is 3.48. The van der Waals surface area contributed by atoms with E-state index < -0.39 is 33.0 Å². The molecule has 1 aromatic heterocycles. The predicted octanol–water partition coefficient (Wildman–Crippen LogP) is 3.04. The molecule has 9 nitrogen and oxygen atoms in total. The van der Waals surface area contributed by atoms with Crippen LogP contribution in [0.5, 0.6) is 5.75 Å². The average Bonchev–Trinajstić information content (AvgIpc) is 3.21. The van der Waals surface area contributed by atoms with Crippen LogP contribution in [0.4, 0.5) is 5.69 Å². The second-order valence-corrected chi connectivity index (χ2v) is 11.4. The average molecular weight is 491 g/mol. The van der Waals surface area contributed by atoms with Gasteiger partial charge in [-0.15, -0.1) is 10.2 Å². The molecule has 0 aliphatic carbocycles. The molecule has 1 aliphatic rings. The number of hydrogen-bond acceptors (Lipinski definition) is 8. The summed E-state index contributed by atoms with van der Waals surface area (Å²) in [5, 5.41) is 19.2. The third kappa shape index (κ3) is 4.46. The molecule has 0 spiro atoms. The number of halogens is 1. The SMILES string of the molecule is CC(C)(C)c1nnc(-c2cc3c(cc2O)S(=O)(=O)C[C@H](N)C(=O)N3Cc2ccc(Cl)cc2)o1. The van der Waals surface area contributed by atoms with Gasteiger partial charge in [0.1, 0.15) is 5.75 Å². The van der Waals surface area contributed by atoms with Crippen molar-refractivity contribution in [3.05, 3.63) is 52.9 Å². The first-order chi connectivity index (χ1) is 15.4. The number of aromatic hydroxyl groups is 1. The molecule has 0 saturated carbocycles. The third-order valence-electron chi connectivity index (χ3n) is 5.24. The highest BCUT2D eigenvalue weighted by atomic mass is 35.5. The van der Waals surface area contributed by atoms with Crippen molar-refractivity contribution in [3.63, 3.8) is 0 Å². The molecule has 0 fully saturated rings. The molecule has 0 radical (unpaired) electrons. The Hall–Kier alpha value is -2.95. The van der Waals surface area contributed by atoms with Gasteiger partial charge in [0.25, 0.3) is 5.89 Å². The second kappa shape index (κ2) is 8.12. The smallest absolute Gasteiger partial charge is 0.251 e. The van der Waals surface area contributed by atoms with Crippen LogP contribution in [0.1, 0.15) is 32.2 Å². The van der Waals surface area contributed by atoms with Crippen molar-refractivity contribution in [3.8, 4) is 17.2 Å². The normalized spacial score (nSPS) is 18.2. The maximum atomic E-state index is 13.1. The zero-order valence-electron chi connectivity index (χ0n) is 18.2. The minimum Gasteiger partial charge on any atom is -0.507 e. The number of phenols is 1. The Kier molecular flexibility index (Phi) is 5.71. The Labute approximate surface area is 196 Å². The van der Waals surface area contributed by atoms with Crippen molar-refractivity contribution in [1.82, 2.24) is 10.2 Å².